The highest BCUT2D eigenvalue weighted by molar-refractivity contribution is 5.91. The van der Waals surface area contributed by atoms with E-state index in [9.17, 15) is 9.59 Å². The molecule has 1 aromatic rings. The van der Waals surface area contributed by atoms with E-state index in [-0.39, 0.29) is 11.8 Å². The van der Waals surface area contributed by atoms with Gasteiger partial charge >= 0.3 is 0 Å². The molecule has 0 aliphatic heterocycles. The zero-order valence-electron chi connectivity index (χ0n) is 10.0. The Morgan fingerprint density at radius 3 is 2.47 bits per heavy atom. The van der Waals surface area contributed by atoms with Gasteiger partial charge in [-0.05, 0) is 31.4 Å². The summed E-state index contributed by atoms with van der Waals surface area (Å²) in [4.78, 5) is 22.1. The second kappa shape index (κ2) is 6.68. The lowest BCUT2D eigenvalue weighted by Gasteiger charge is -2.07. The highest BCUT2D eigenvalue weighted by atomic mass is 16.1. The molecule has 0 aliphatic carbocycles. The smallest absolute Gasteiger partial charge is 0.224 e. The summed E-state index contributed by atoms with van der Waals surface area (Å²) in [5.74, 6) is -0.340. The molecule has 0 fully saturated rings. The summed E-state index contributed by atoms with van der Waals surface area (Å²) < 4.78 is 0. The summed E-state index contributed by atoms with van der Waals surface area (Å²) >= 11 is 0. The molecule has 0 atom stereocenters. The molecule has 0 aromatic heterocycles. The van der Waals surface area contributed by atoms with Crippen molar-refractivity contribution >= 4 is 17.5 Å². The quantitative estimate of drug-likeness (QED) is 0.739. The highest BCUT2D eigenvalue weighted by Crippen LogP contribution is 2.13. The van der Waals surface area contributed by atoms with E-state index >= 15 is 0 Å². The summed E-state index contributed by atoms with van der Waals surface area (Å²) in [7, 11) is 0. The number of unbranched alkanes of at least 4 members (excludes halogenated alkanes) is 1. The van der Waals surface area contributed by atoms with Crippen molar-refractivity contribution < 1.29 is 9.59 Å². The molecule has 0 unspecified atom stereocenters. The fourth-order valence-corrected chi connectivity index (χ4v) is 1.51. The summed E-state index contributed by atoms with van der Waals surface area (Å²) in [5.41, 5.74) is 6.89. The van der Waals surface area contributed by atoms with Gasteiger partial charge in [0.1, 0.15) is 0 Å². The Bertz CT molecular complexity index is 402. The van der Waals surface area contributed by atoms with Gasteiger partial charge in [0, 0.05) is 18.5 Å². The van der Waals surface area contributed by atoms with Crippen molar-refractivity contribution in [3.63, 3.8) is 0 Å². The molecule has 1 aromatic carbocycles. The van der Waals surface area contributed by atoms with Crippen molar-refractivity contribution in [2.75, 3.05) is 5.32 Å². The molecule has 4 nitrogen and oxygen atoms in total. The van der Waals surface area contributed by atoms with E-state index < -0.39 is 0 Å². The fraction of sp³-hybridized carbons (Fsp3) is 0.385. The zero-order valence-corrected chi connectivity index (χ0v) is 10.0. The zero-order chi connectivity index (χ0) is 12.7. The normalized spacial score (nSPS) is 9.94. The SMILES string of the molecule is Cc1ccccc1NC(=O)CCCCC(N)=O. The van der Waals surface area contributed by atoms with Gasteiger partial charge in [-0.2, -0.15) is 0 Å². The number of nitrogens with two attached hydrogens (primary N) is 1. The molecular weight excluding hydrogens is 216 g/mol. The lowest BCUT2D eigenvalue weighted by atomic mass is 10.1. The van der Waals surface area contributed by atoms with E-state index in [2.05, 4.69) is 5.32 Å². The molecule has 0 spiro atoms. The Kier molecular flexibility index (Phi) is 5.20. The third-order valence-electron chi connectivity index (χ3n) is 2.50. The highest BCUT2D eigenvalue weighted by Gasteiger charge is 2.04. The van der Waals surface area contributed by atoms with E-state index in [0.29, 0.717) is 25.7 Å². The second-order valence-corrected chi connectivity index (χ2v) is 4.04. The average Bonchev–Trinajstić information content (AvgIpc) is 2.27. The van der Waals surface area contributed by atoms with Gasteiger partial charge in [-0.25, -0.2) is 0 Å². The first kappa shape index (κ1) is 13.2. The van der Waals surface area contributed by atoms with Crippen molar-refractivity contribution in [2.45, 2.75) is 32.6 Å². The molecule has 17 heavy (non-hydrogen) atoms. The molecule has 1 rings (SSSR count). The second-order valence-electron chi connectivity index (χ2n) is 4.04. The number of nitrogens with one attached hydrogen (secondary N) is 1. The van der Waals surface area contributed by atoms with Gasteiger partial charge < -0.3 is 11.1 Å². The number of primary amides is 1. The maximum absolute atomic E-state index is 11.6. The number of hydrogen-bond acceptors (Lipinski definition) is 2. The van der Waals surface area contributed by atoms with E-state index in [1.165, 1.54) is 0 Å². The average molecular weight is 234 g/mol. The first-order valence-corrected chi connectivity index (χ1v) is 5.73. The maximum atomic E-state index is 11.6. The minimum Gasteiger partial charge on any atom is -0.370 e. The van der Waals surface area contributed by atoms with Crippen molar-refractivity contribution in [1.29, 1.82) is 0 Å². The molecule has 92 valence electrons. The van der Waals surface area contributed by atoms with Crippen LogP contribution in [-0.4, -0.2) is 11.8 Å². The molecule has 0 bridgehead atoms. The number of para-hydroxylation sites is 1. The van der Waals surface area contributed by atoms with Gasteiger partial charge in [0.2, 0.25) is 11.8 Å². The molecule has 0 heterocycles. The van der Waals surface area contributed by atoms with E-state index in [1.807, 2.05) is 31.2 Å². The Morgan fingerprint density at radius 2 is 1.82 bits per heavy atom. The van der Waals surface area contributed by atoms with Gasteiger partial charge in [-0.15, -0.1) is 0 Å². The predicted molar refractivity (Wildman–Crippen MR) is 67.5 cm³/mol. The number of amides is 2. The van der Waals surface area contributed by atoms with Gasteiger partial charge in [0.15, 0.2) is 0 Å². The number of aryl methyl sites for hydroxylation is 1. The Morgan fingerprint density at radius 1 is 1.18 bits per heavy atom. The van der Waals surface area contributed by atoms with Crippen LogP contribution in [-0.2, 0) is 9.59 Å². The fourth-order valence-electron chi connectivity index (χ4n) is 1.51. The maximum Gasteiger partial charge on any atom is 0.224 e. The first-order valence-electron chi connectivity index (χ1n) is 5.73. The molecular formula is C13H18N2O2. The van der Waals surface area contributed by atoms with E-state index in [0.717, 1.165) is 11.3 Å². The molecule has 2 amide bonds. The topological polar surface area (TPSA) is 72.2 Å². The molecule has 4 heteroatoms. The van der Waals surface area contributed by atoms with Gasteiger partial charge in [-0.3, -0.25) is 9.59 Å². The standard InChI is InChI=1S/C13H18N2O2/c1-10-6-2-3-7-11(10)15-13(17)9-5-4-8-12(14)16/h2-3,6-7H,4-5,8-9H2,1H3,(H2,14,16)(H,15,17). The van der Waals surface area contributed by atoms with Crippen LogP contribution < -0.4 is 11.1 Å². The third kappa shape index (κ3) is 5.15. The monoisotopic (exact) mass is 234 g/mol. The number of rotatable bonds is 6. The van der Waals surface area contributed by atoms with Crippen LogP contribution in [0.3, 0.4) is 0 Å². The van der Waals surface area contributed by atoms with Gasteiger partial charge in [-0.1, -0.05) is 18.2 Å². The molecule has 3 N–H and O–H groups in total. The summed E-state index contributed by atoms with van der Waals surface area (Å²) in [5, 5.41) is 2.84. The Hall–Kier alpha value is -1.84. The van der Waals surface area contributed by atoms with Crippen LogP contribution in [0, 0.1) is 6.92 Å². The Labute approximate surface area is 101 Å². The number of carbonyl (C=O) groups excluding carboxylic acids is 2. The number of benzene rings is 1. The van der Waals surface area contributed by atoms with Crippen molar-refractivity contribution in [2.24, 2.45) is 5.73 Å². The van der Waals surface area contributed by atoms with Crippen LogP contribution in [0.15, 0.2) is 24.3 Å². The summed E-state index contributed by atoms with van der Waals surface area (Å²) in [6, 6.07) is 7.63. The number of hydrogen-bond donors (Lipinski definition) is 2. The third-order valence-corrected chi connectivity index (χ3v) is 2.50. The molecule has 0 radical (unpaired) electrons. The molecule has 0 saturated carbocycles. The van der Waals surface area contributed by atoms with E-state index in [1.54, 1.807) is 0 Å². The van der Waals surface area contributed by atoms with Gasteiger partial charge in [0.25, 0.3) is 0 Å². The van der Waals surface area contributed by atoms with Crippen LogP contribution in [0.25, 0.3) is 0 Å². The van der Waals surface area contributed by atoms with E-state index in [4.69, 9.17) is 5.73 Å². The van der Waals surface area contributed by atoms with Crippen LogP contribution >= 0.6 is 0 Å². The molecule has 0 aliphatic rings. The van der Waals surface area contributed by atoms with Gasteiger partial charge in [0.05, 0.1) is 0 Å². The summed E-state index contributed by atoms with van der Waals surface area (Å²) in [6.07, 6.45) is 2.11. The van der Waals surface area contributed by atoms with Crippen LogP contribution in [0.4, 0.5) is 5.69 Å². The largest absolute Gasteiger partial charge is 0.370 e. The van der Waals surface area contributed by atoms with Crippen molar-refractivity contribution in [1.82, 2.24) is 0 Å². The minimum absolute atomic E-state index is 0.0243. The van der Waals surface area contributed by atoms with Crippen molar-refractivity contribution in [3.05, 3.63) is 29.8 Å². The lowest BCUT2D eigenvalue weighted by molar-refractivity contribution is -0.119. The lowest BCUT2D eigenvalue weighted by Crippen LogP contribution is -2.13. The van der Waals surface area contributed by atoms with Crippen LogP contribution in [0.1, 0.15) is 31.2 Å². The number of anilines is 1. The molecule has 0 saturated heterocycles. The summed E-state index contributed by atoms with van der Waals surface area (Å²) in [6.45, 7) is 1.95. The predicted octanol–water partition coefficient (Wildman–Crippen LogP) is 1.98. The minimum atomic E-state index is -0.315. The Balaban J connectivity index is 2.30. The van der Waals surface area contributed by atoms with Crippen LogP contribution in [0.2, 0.25) is 0 Å². The van der Waals surface area contributed by atoms with Crippen molar-refractivity contribution in [3.8, 4) is 0 Å². The van der Waals surface area contributed by atoms with Crippen LogP contribution in [0.5, 0.6) is 0 Å². The number of carbonyl (C=O) groups is 2. The first-order chi connectivity index (χ1) is 8.09.